The summed E-state index contributed by atoms with van der Waals surface area (Å²) in [6.45, 7) is 4.12. The monoisotopic (exact) mass is 404 g/mol. The second kappa shape index (κ2) is 8.19. The molecule has 3 heterocycles. The molecule has 156 valence electrons. The molecule has 0 amide bonds. The molecule has 2 aliphatic rings. The minimum absolute atomic E-state index is 0.0761. The van der Waals surface area contributed by atoms with Crippen LogP contribution in [-0.4, -0.2) is 44.7 Å². The lowest BCUT2D eigenvalue weighted by Gasteiger charge is -2.36. The third kappa shape index (κ3) is 3.72. The van der Waals surface area contributed by atoms with Gasteiger partial charge < -0.3 is 9.64 Å². The molecule has 0 N–H and O–H groups in total. The van der Waals surface area contributed by atoms with Gasteiger partial charge in [-0.05, 0) is 62.9 Å². The zero-order valence-electron chi connectivity index (χ0n) is 17.5. The Morgan fingerprint density at radius 2 is 1.73 bits per heavy atom. The summed E-state index contributed by atoms with van der Waals surface area (Å²) < 4.78 is 7.89. The van der Waals surface area contributed by atoms with Gasteiger partial charge in [-0.15, -0.1) is 0 Å². The molecule has 0 radical (unpaired) electrons. The second-order valence-corrected chi connectivity index (χ2v) is 8.48. The summed E-state index contributed by atoms with van der Waals surface area (Å²) in [7, 11) is 0. The number of aryl methyl sites for hydroxylation is 1. The van der Waals surface area contributed by atoms with Crippen LogP contribution in [0.4, 0.5) is 0 Å². The number of aromatic nitrogens is 3. The van der Waals surface area contributed by atoms with Crippen LogP contribution >= 0.6 is 0 Å². The molecule has 2 aromatic heterocycles. The van der Waals surface area contributed by atoms with Gasteiger partial charge in [0.15, 0.2) is 0 Å². The highest BCUT2D eigenvalue weighted by atomic mass is 16.5. The number of fused-ring (bicyclic) bond motifs is 1. The number of nitrogens with zero attached hydrogens (tertiary/aromatic N) is 4. The summed E-state index contributed by atoms with van der Waals surface area (Å²) in [5.74, 6) is 1.51. The molecule has 1 aliphatic carbocycles. The molecule has 0 unspecified atom stereocenters. The van der Waals surface area contributed by atoms with Crippen molar-refractivity contribution in [3.05, 3.63) is 58.9 Å². The van der Waals surface area contributed by atoms with Gasteiger partial charge >= 0.3 is 0 Å². The normalized spacial score (nSPS) is 18.8. The number of ether oxygens (including phenoxy) is 1. The van der Waals surface area contributed by atoms with Crippen LogP contribution in [0.1, 0.15) is 44.3 Å². The van der Waals surface area contributed by atoms with E-state index in [0.717, 1.165) is 43.4 Å². The molecule has 5 rings (SSSR count). The zero-order chi connectivity index (χ0) is 20.5. The molecule has 6 nitrogen and oxygen atoms in total. The maximum Gasteiger partial charge on any atom is 0.266 e. The summed E-state index contributed by atoms with van der Waals surface area (Å²) in [6.07, 6.45) is 11.2. The van der Waals surface area contributed by atoms with E-state index in [9.17, 15) is 4.79 Å². The van der Waals surface area contributed by atoms with Crippen LogP contribution in [0.15, 0.2) is 47.5 Å². The van der Waals surface area contributed by atoms with Gasteiger partial charge in [-0.1, -0.05) is 12.8 Å². The highest BCUT2D eigenvalue weighted by molar-refractivity contribution is 5.76. The summed E-state index contributed by atoms with van der Waals surface area (Å²) in [4.78, 5) is 24.2. The first-order valence-corrected chi connectivity index (χ1v) is 11.0. The van der Waals surface area contributed by atoms with Crippen LogP contribution in [0.3, 0.4) is 0 Å². The van der Waals surface area contributed by atoms with Crippen LogP contribution in [0.5, 0.6) is 5.75 Å². The van der Waals surface area contributed by atoms with Crippen molar-refractivity contribution in [2.24, 2.45) is 0 Å². The summed E-state index contributed by atoms with van der Waals surface area (Å²) in [6, 6.07) is 10.3. The van der Waals surface area contributed by atoms with E-state index in [-0.39, 0.29) is 11.7 Å². The lowest BCUT2D eigenvalue weighted by molar-refractivity contribution is 0.0768. The molecule has 0 spiro atoms. The van der Waals surface area contributed by atoms with Gasteiger partial charge in [0.2, 0.25) is 0 Å². The number of hydrogen-bond donors (Lipinski definition) is 0. The lowest BCUT2D eigenvalue weighted by atomic mass is 10.0. The van der Waals surface area contributed by atoms with Crippen LogP contribution < -0.4 is 10.3 Å². The molecule has 1 aromatic carbocycles. The largest absolute Gasteiger partial charge is 0.490 e. The predicted octanol–water partition coefficient (Wildman–Crippen LogP) is 3.87. The van der Waals surface area contributed by atoms with Gasteiger partial charge in [-0.2, -0.15) is 0 Å². The van der Waals surface area contributed by atoms with Crippen molar-refractivity contribution in [2.75, 3.05) is 13.1 Å². The summed E-state index contributed by atoms with van der Waals surface area (Å²) in [5, 5.41) is 0.574. The number of piperidine rings is 1. The van der Waals surface area contributed by atoms with Crippen molar-refractivity contribution in [2.45, 2.75) is 57.6 Å². The van der Waals surface area contributed by atoms with Gasteiger partial charge in [-0.25, -0.2) is 4.98 Å². The lowest BCUT2D eigenvalue weighted by Crippen LogP contribution is -2.43. The maximum atomic E-state index is 13.0. The fourth-order valence-corrected chi connectivity index (χ4v) is 4.95. The quantitative estimate of drug-likeness (QED) is 0.661. The van der Waals surface area contributed by atoms with Crippen LogP contribution in [0, 0.1) is 6.92 Å². The van der Waals surface area contributed by atoms with Gasteiger partial charge in [0, 0.05) is 25.3 Å². The SMILES string of the molecule is Cc1nc2cnccc2c(=O)n1-c1ccc(OC2CCN(C3CCCC3)CC2)cc1. The smallest absolute Gasteiger partial charge is 0.266 e. The van der Waals surface area contributed by atoms with E-state index in [1.807, 2.05) is 31.2 Å². The van der Waals surface area contributed by atoms with E-state index >= 15 is 0 Å². The minimum Gasteiger partial charge on any atom is -0.490 e. The minimum atomic E-state index is -0.0761. The standard InChI is InChI=1S/C24H28N4O2/c1-17-26-23-16-25-13-10-22(23)24(29)28(17)19-6-8-20(9-7-19)30-21-11-14-27(15-12-21)18-4-2-3-5-18/h6-10,13,16,18,21H,2-5,11-12,14-15H2,1H3. The highest BCUT2D eigenvalue weighted by Crippen LogP contribution is 2.27. The molecule has 30 heavy (non-hydrogen) atoms. The third-order valence-corrected chi connectivity index (χ3v) is 6.55. The predicted molar refractivity (Wildman–Crippen MR) is 117 cm³/mol. The number of rotatable bonds is 4. The van der Waals surface area contributed by atoms with E-state index in [1.54, 1.807) is 23.0 Å². The van der Waals surface area contributed by atoms with Crippen LogP contribution in [0.25, 0.3) is 16.6 Å². The van der Waals surface area contributed by atoms with Crippen molar-refractivity contribution < 1.29 is 4.74 Å². The average Bonchev–Trinajstić information content (AvgIpc) is 3.30. The van der Waals surface area contributed by atoms with E-state index in [4.69, 9.17) is 4.74 Å². The molecule has 6 heteroatoms. The van der Waals surface area contributed by atoms with Crippen molar-refractivity contribution in [3.63, 3.8) is 0 Å². The van der Waals surface area contributed by atoms with Crippen molar-refractivity contribution in [1.82, 2.24) is 19.4 Å². The number of benzene rings is 1. The average molecular weight is 405 g/mol. The number of pyridine rings is 1. The fraction of sp³-hybridized carbons (Fsp3) is 0.458. The topological polar surface area (TPSA) is 60.3 Å². The van der Waals surface area contributed by atoms with Gasteiger partial charge in [0.25, 0.3) is 5.56 Å². The van der Waals surface area contributed by atoms with E-state index < -0.39 is 0 Å². The molecule has 2 fully saturated rings. The van der Waals surface area contributed by atoms with Crippen LogP contribution in [-0.2, 0) is 0 Å². The highest BCUT2D eigenvalue weighted by Gasteiger charge is 2.27. The summed E-state index contributed by atoms with van der Waals surface area (Å²) in [5.41, 5.74) is 1.35. The molecule has 0 bridgehead atoms. The van der Waals surface area contributed by atoms with E-state index in [1.165, 1.54) is 25.7 Å². The molecule has 0 atom stereocenters. The van der Waals surface area contributed by atoms with E-state index in [0.29, 0.717) is 16.7 Å². The zero-order valence-corrected chi connectivity index (χ0v) is 17.5. The second-order valence-electron chi connectivity index (χ2n) is 8.48. The molecule has 3 aromatic rings. The number of likely N-dealkylation sites (tertiary alicyclic amines) is 1. The number of hydrogen-bond acceptors (Lipinski definition) is 5. The Bertz CT molecular complexity index is 1080. The Kier molecular flexibility index (Phi) is 5.25. The van der Waals surface area contributed by atoms with Gasteiger partial charge in [0.05, 0.1) is 22.8 Å². The molecular weight excluding hydrogens is 376 g/mol. The van der Waals surface area contributed by atoms with Crippen molar-refractivity contribution >= 4 is 10.9 Å². The molecule has 1 saturated heterocycles. The molecular formula is C24H28N4O2. The fourth-order valence-electron chi connectivity index (χ4n) is 4.95. The maximum absolute atomic E-state index is 13.0. The Morgan fingerprint density at radius 3 is 2.47 bits per heavy atom. The van der Waals surface area contributed by atoms with Gasteiger partial charge in [-0.3, -0.25) is 14.3 Å². The Balaban J connectivity index is 1.29. The third-order valence-electron chi connectivity index (χ3n) is 6.55. The van der Waals surface area contributed by atoms with Crippen molar-refractivity contribution in [3.8, 4) is 11.4 Å². The van der Waals surface area contributed by atoms with Crippen LogP contribution in [0.2, 0.25) is 0 Å². The van der Waals surface area contributed by atoms with E-state index in [2.05, 4.69) is 14.9 Å². The molecule has 1 aliphatic heterocycles. The first-order chi connectivity index (χ1) is 14.7. The Morgan fingerprint density at radius 1 is 1.00 bits per heavy atom. The Labute approximate surface area is 176 Å². The summed E-state index contributed by atoms with van der Waals surface area (Å²) >= 11 is 0. The van der Waals surface area contributed by atoms with Crippen molar-refractivity contribution in [1.29, 1.82) is 0 Å². The Hall–Kier alpha value is -2.73. The molecule has 1 saturated carbocycles. The first-order valence-electron chi connectivity index (χ1n) is 11.0. The first kappa shape index (κ1) is 19.2. The van der Waals surface area contributed by atoms with Gasteiger partial charge in [0.1, 0.15) is 17.7 Å².